The van der Waals surface area contributed by atoms with Crippen molar-refractivity contribution in [2.24, 2.45) is 0 Å². The lowest BCUT2D eigenvalue weighted by atomic mass is 10.1. The van der Waals surface area contributed by atoms with E-state index < -0.39 is 0 Å². The van der Waals surface area contributed by atoms with E-state index >= 15 is 0 Å². The number of rotatable bonds is 3. The van der Waals surface area contributed by atoms with Crippen LogP contribution in [0.25, 0.3) is 0 Å². The van der Waals surface area contributed by atoms with Gasteiger partial charge < -0.3 is 11.1 Å². The van der Waals surface area contributed by atoms with E-state index in [-0.39, 0.29) is 5.78 Å². The van der Waals surface area contributed by atoms with Crippen LogP contribution >= 0.6 is 0 Å². The average Bonchev–Trinajstić information content (AvgIpc) is 2.33. The third-order valence-electron chi connectivity index (χ3n) is 2.93. The lowest BCUT2D eigenvalue weighted by Gasteiger charge is -2.26. The largest absolute Gasteiger partial charge is 0.383 e. The van der Waals surface area contributed by atoms with Crippen molar-refractivity contribution in [2.75, 3.05) is 38.5 Å². The van der Waals surface area contributed by atoms with Crippen LogP contribution in [-0.4, -0.2) is 48.4 Å². The van der Waals surface area contributed by atoms with Gasteiger partial charge in [-0.15, -0.1) is 0 Å². The number of nitrogen functional groups attached to an aromatic ring is 1. The molecule has 0 unspecified atom stereocenters. The van der Waals surface area contributed by atoms with Crippen LogP contribution in [0.15, 0.2) is 12.3 Å². The van der Waals surface area contributed by atoms with Gasteiger partial charge in [0.25, 0.3) is 0 Å². The number of aryl methyl sites for hydroxylation is 1. The van der Waals surface area contributed by atoms with Crippen molar-refractivity contribution in [3.63, 3.8) is 0 Å². The molecule has 0 amide bonds. The minimum Gasteiger partial charge on any atom is -0.383 e. The number of hydrogen-bond donors (Lipinski definition) is 2. The molecule has 1 saturated heterocycles. The molecule has 0 aliphatic carbocycles. The van der Waals surface area contributed by atoms with Crippen molar-refractivity contribution < 1.29 is 4.79 Å². The number of piperazine rings is 1. The molecule has 2 heterocycles. The van der Waals surface area contributed by atoms with Gasteiger partial charge in [0.1, 0.15) is 5.82 Å². The molecule has 5 nitrogen and oxygen atoms in total. The zero-order valence-corrected chi connectivity index (χ0v) is 10.1. The highest BCUT2D eigenvalue weighted by molar-refractivity contribution is 6.01. The minimum absolute atomic E-state index is 0.0561. The van der Waals surface area contributed by atoms with Crippen molar-refractivity contribution >= 4 is 11.6 Å². The number of nitrogens with one attached hydrogen (secondary N) is 1. The van der Waals surface area contributed by atoms with E-state index in [4.69, 9.17) is 5.73 Å². The van der Waals surface area contributed by atoms with Crippen LogP contribution in [0.5, 0.6) is 0 Å². The molecule has 3 N–H and O–H groups in total. The van der Waals surface area contributed by atoms with Crippen molar-refractivity contribution in [3.8, 4) is 0 Å². The molecule has 92 valence electrons. The Morgan fingerprint density at radius 3 is 2.94 bits per heavy atom. The Bertz CT molecular complexity index is 413. The van der Waals surface area contributed by atoms with E-state index in [1.165, 1.54) is 0 Å². The molecule has 1 aliphatic heterocycles. The van der Waals surface area contributed by atoms with Crippen LogP contribution in [0.2, 0.25) is 0 Å². The zero-order valence-electron chi connectivity index (χ0n) is 10.1. The Morgan fingerprint density at radius 2 is 2.24 bits per heavy atom. The Kier molecular flexibility index (Phi) is 3.71. The number of aromatic nitrogens is 1. The number of anilines is 1. The number of ketones is 1. The van der Waals surface area contributed by atoms with Gasteiger partial charge in [0, 0.05) is 32.4 Å². The minimum atomic E-state index is 0.0561. The van der Waals surface area contributed by atoms with Gasteiger partial charge in [0.2, 0.25) is 0 Å². The summed E-state index contributed by atoms with van der Waals surface area (Å²) in [6, 6.07) is 1.81. The van der Waals surface area contributed by atoms with Gasteiger partial charge in [-0.25, -0.2) is 4.98 Å². The fourth-order valence-electron chi connectivity index (χ4n) is 1.96. The van der Waals surface area contributed by atoms with Gasteiger partial charge in [-0.2, -0.15) is 0 Å². The van der Waals surface area contributed by atoms with Crippen LogP contribution in [0.4, 0.5) is 5.82 Å². The van der Waals surface area contributed by atoms with E-state index in [0.717, 1.165) is 31.7 Å². The molecule has 5 heteroatoms. The molecule has 0 atom stereocenters. The molecule has 0 aromatic carbocycles. The van der Waals surface area contributed by atoms with E-state index in [9.17, 15) is 4.79 Å². The predicted octanol–water partition coefficient (Wildman–Crippen LogP) is 0.0601. The highest BCUT2D eigenvalue weighted by Crippen LogP contribution is 2.12. The van der Waals surface area contributed by atoms with E-state index in [1.54, 1.807) is 6.20 Å². The highest BCUT2D eigenvalue weighted by Gasteiger charge is 2.17. The quantitative estimate of drug-likeness (QED) is 0.724. The van der Waals surface area contributed by atoms with Gasteiger partial charge in [0.05, 0.1) is 12.1 Å². The lowest BCUT2D eigenvalue weighted by molar-refractivity contribution is 0.0922. The second-order valence-electron chi connectivity index (χ2n) is 4.39. The highest BCUT2D eigenvalue weighted by atomic mass is 16.1. The lowest BCUT2D eigenvalue weighted by Crippen LogP contribution is -2.45. The Hall–Kier alpha value is -1.46. The van der Waals surface area contributed by atoms with Crippen LogP contribution in [0.3, 0.4) is 0 Å². The number of Topliss-reactive ketones (excluding diaryl/α,β-unsaturated/α-hetero) is 1. The van der Waals surface area contributed by atoms with Crippen LogP contribution in [-0.2, 0) is 0 Å². The Balaban J connectivity index is 2.05. The maximum Gasteiger partial charge on any atom is 0.180 e. The molecular formula is C12H18N4O. The first kappa shape index (κ1) is 12.0. The van der Waals surface area contributed by atoms with E-state index in [1.807, 2.05) is 13.0 Å². The third kappa shape index (κ3) is 3.01. The van der Waals surface area contributed by atoms with Crippen molar-refractivity contribution in [3.05, 3.63) is 23.4 Å². The first-order valence-electron chi connectivity index (χ1n) is 5.85. The Morgan fingerprint density at radius 1 is 1.53 bits per heavy atom. The summed E-state index contributed by atoms with van der Waals surface area (Å²) in [5.74, 6) is 0.385. The summed E-state index contributed by atoms with van der Waals surface area (Å²) < 4.78 is 0. The van der Waals surface area contributed by atoms with Gasteiger partial charge in [0.15, 0.2) is 5.78 Å². The van der Waals surface area contributed by atoms with Crippen LogP contribution in [0.1, 0.15) is 15.9 Å². The maximum absolute atomic E-state index is 12.1. The fourth-order valence-corrected chi connectivity index (χ4v) is 1.96. The molecule has 0 saturated carbocycles. The average molecular weight is 234 g/mol. The summed E-state index contributed by atoms with van der Waals surface area (Å²) in [4.78, 5) is 18.3. The van der Waals surface area contributed by atoms with Crippen molar-refractivity contribution in [1.82, 2.24) is 15.2 Å². The number of carbonyl (C=O) groups excluding carboxylic acids is 1. The number of hydrogen-bond acceptors (Lipinski definition) is 5. The van der Waals surface area contributed by atoms with Crippen LogP contribution in [0, 0.1) is 6.92 Å². The standard InChI is InChI=1S/C12H18N4O/c1-9-6-10(12(13)15-7-9)11(17)8-16-4-2-14-3-5-16/h6-7,14H,2-5,8H2,1H3,(H2,13,15). The van der Waals surface area contributed by atoms with Gasteiger partial charge >= 0.3 is 0 Å². The summed E-state index contributed by atoms with van der Waals surface area (Å²) in [5.41, 5.74) is 7.24. The number of carbonyl (C=O) groups is 1. The molecule has 0 bridgehead atoms. The van der Waals surface area contributed by atoms with Gasteiger partial charge in [-0.3, -0.25) is 9.69 Å². The zero-order chi connectivity index (χ0) is 12.3. The fraction of sp³-hybridized carbons (Fsp3) is 0.500. The first-order valence-corrected chi connectivity index (χ1v) is 5.85. The molecular weight excluding hydrogens is 216 g/mol. The number of pyridine rings is 1. The smallest absolute Gasteiger partial charge is 0.180 e. The molecule has 1 aromatic heterocycles. The third-order valence-corrected chi connectivity index (χ3v) is 2.93. The topological polar surface area (TPSA) is 71.2 Å². The normalized spacial score (nSPS) is 17.0. The number of nitrogens with two attached hydrogens (primary N) is 1. The monoisotopic (exact) mass is 234 g/mol. The van der Waals surface area contributed by atoms with Crippen LogP contribution < -0.4 is 11.1 Å². The van der Waals surface area contributed by atoms with Crippen molar-refractivity contribution in [1.29, 1.82) is 0 Å². The Labute approximate surface area is 101 Å². The predicted molar refractivity (Wildman–Crippen MR) is 67.0 cm³/mol. The molecule has 2 rings (SSSR count). The molecule has 0 radical (unpaired) electrons. The molecule has 1 aromatic rings. The number of nitrogens with zero attached hydrogens (tertiary/aromatic N) is 2. The summed E-state index contributed by atoms with van der Waals surface area (Å²) in [5, 5.41) is 3.26. The molecule has 17 heavy (non-hydrogen) atoms. The first-order chi connectivity index (χ1) is 8.16. The molecule has 0 spiro atoms. The van der Waals surface area contributed by atoms with Gasteiger partial charge in [-0.1, -0.05) is 0 Å². The second kappa shape index (κ2) is 5.25. The summed E-state index contributed by atoms with van der Waals surface area (Å²) >= 11 is 0. The second-order valence-corrected chi connectivity index (χ2v) is 4.39. The summed E-state index contributed by atoms with van der Waals surface area (Å²) in [6.07, 6.45) is 1.68. The van der Waals surface area contributed by atoms with Gasteiger partial charge in [-0.05, 0) is 18.6 Å². The molecule has 1 fully saturated rings. The summed E-state index contributed by atoms with van der Waals surface area (Å²) in [6.45, 7) is 6.03. The SMILES string of the molecule is Cc1cnc(N)c(C(=O)CN2CCNCC2)c1. The maximum atomic E-state index is 12.1. The van der Waals surface area contributed by atoms with E-state index in [2.05, 4.69) is 15.2 Å². The molecule has 1 aliphatic rings. The van der Waals surface area contributed by atoms with Crippen molar-refractivity contribution in [2.45, 2.75) is 6.92 Å². The van der Waals surface area contributed by atoms with E-state index in [0.29, 0.717) is 17.9 Å². The summed E-state index contributed by atoms with van der Waals surface area (Å²) in [7, 11) is 0.